The highest BCUT2D eigenvalue weighted by molar-refractivity contribution is 6.03. The van der Waals surface area contributed by atoms with Crippen molar-refractivity contribution in [2.75, 3.05) is 5.32 Å². The van der Waals surface area contributed by atoms with Crippen molar-refractivity contribution >= 4 is 11.9 Å². The van der Waals surface area contributed by atoms with Crippen LogP contribution in [0.5, 0.6) is 5.88 Å². The van der Waals surface area contributed by atoms with Gasteiger partial charge < -0.3 is 4.74 Å². The van der Waals surface area contributed by atoms with Gasteiger partial charge in [-0.25, -0.2) is 14.6 Å². The molecule has 1 aliphatic rings. The third-order valence-corrected chi connectivity index (χ3v) is 3.62. The number of hydrogen-bond acceptors (Lipinski definition) is 6. The van der Waals surface area contributed by atoms with Crippen LogP contribution in [0.25, 0.3) is 0 Å². The SMILES string of the molecule is O=C(Nc1ncn(Cc2ccccn2)n1)c1ccnc(OC2CC2)c1. The van der Waals surface area contributed by atoms with Crippen LogP contribution in [0.4, 0.5) is 5.95 Å². The summed E-state index contributed by atoms with van der Waals surface area (Å²) in [5.74, 6) is 0.393. The van der Waals surface area contributed by atoms with E-state index < -0.39 is 0 Å². The first kappa shape index (κ1) is 15.3. The summed E-state index contributed by atoms with van der Waals surface area (Å²) in [6.07, 6.45) is 7.14. The molecule has 0 bridgehead atoms. The Labute approximate surface area is 143 Å². The van der Waals surface area contributed by atoms with Crippen LogP contribution in [0, 0.1) is 0 Å². The zero-order valence-corrected chi connectivity index (χ0v) is 13.4. The van der Waals surface area contributed by atoms with Gasteiger partial charge in [0.05, 0.1) is 12.2 Å². The fraction of sp³-hybridized carbons (Fsp3) is 0.235. The van der Waals surface area contributed by atoms with Crippen LogP contribution >= 0.6 is 0 Å². The first-order chi connectivity index (χ1) is 12.3. The number of anilines is 1. The molecular formula is C17H16N6O2. The Morgan fingerprint density at radius 1 is 1.20 bits per heavy atom. The summed E-state index contributed by atoms with van der Waals surface area (Å²) in [6.45, 7) is 0.484. The number of pyridine rings is 2. The average Bonchev–Trinajstić information content (AvgIpc) is 3.34. The van der Waals surface area contributed by atoms with Crippen LogP contribution in [-0.2, 0) is 6.54 Å². The second-order valence-electron chi connectivity index (χ2n) is 5.74. The molecule has 25 heavy (non-hydrogen) atoms. The van der Waals surface area contributed by atoms with Gasteiger partial charge in [-0.2, -0.15) is 0 Å². The fourth-order valence-electron chi connectivity index (χ4n) is 2.23. The molecule has 1 saturated carbocycles. The summed E-state index contributed by atoms with van der Waals surface area (Å²) in [6, 6.07) is 8.91. The standard InChI is InChI=1S/C17H16N6O2/c24-16(12-6-8-19-15(9-12)25-14-4-5-14)21-17-20-11-23(22-17)10-13-3-1-2-7-18-13/h1-3,6-9,11,14H,4-5,10H2,(H,21,22,24). The second kappa shape index (κ2) is 6.68. The topological polar surface area (TPSA) is 94.8 Å². The number of nitrogens with one attached hydrogen (secondary N) is 1. The van der Waals surface area contributed by atoms with E-state index in [1.165, 1.54) is 0 Å². The number of hydrogen-bond donors (Lipinski definition) is 1. The summed E-state index contributed by atoms with van der Waals surface area (Å²) in [5.41, 5.74) is 1.31. The van der Waals surface area contributed by atoms with Crippen LogP contribution in [0.2, 0.25) is 0 Å². The van der Waals surface area contributed by atoms with Gasteiger partial charge in [-0.3, -0.25) is 15.1 Å². The number of carbonyl (C=O) groups excluding carboxylic acids is 1. The van der Waals surface area contributed by atoms with E-state index in [-0.39, 0.29) is 18.0 Å². The van der Waals surface area contributed by atoms with Gasteiger partial charge in [-0.05, 0) is 31.0 Å². The lowest BCUT2D eigenvalue weighted by atomic mass is 10.2. The number of ether oxygens (including phenoxy) is 1. The van der Waals surface area contributed by atoms with E-state index in [0.29, 0.717) is 18.0 Å². The average molecular weight is 336 g/mol. The third kappa shape index (κ3) is 3.97. The summed E-state index contributed by atoms with van der Waals surface area (Å²) >= 11 is 0. The van der Waals surface area contributed by atoms with Gasteiger partial charge in [0.1, 0.15) is 12.4 Å². The molecule has 3 heterocycles. The van der Waals surface area contributed by atoms with Crippen molar-refractivity contribution in [3.8, 4) is 5.88 Å². The Morgan fingerprint density at radius 2 is 2.12 bits per heavy atom. The van der Waals surface area contributed by atoms with E-state index in [1.807, 2.05) is 18.2 Å². The molecular weight excluding hydrogens is 320 g/mol. The molecule has 1 N–H and O–H groups in total. The van der Waals surface area contributed by atoms with E-state index in [4.69, 9.17) is 4.74 Å². The van der Waals surface area contributed by atoms with E-state index in [1.54, 1.807) is 35.5 Å². The van der Waals surface area contributed by atoms with Crippen molar-refractivity contribution in [1.29, 1.82) is 0 Å². The summed E-state index contributed by atoms with van der Waals surface area (Å²) in [5, 5.41) is 6.91. The van der Waals surface area contributed by atoms with E-state index in [0.717, 1.165) is 18.5 Å². The summed E-state index contributed by atoms with van der Waals surface area (Å²) in [7, 11) is 0. The Morgan fingerprint density at radius 3 is 2.92 bits per heavy atom. The van der Waals surface area contributed by atoms with Crippen molar-refractivity contribution in [3.05, 3.63) is 60.3 Å². The van der Waals surface area contributed by atoms with E-state index in [2.05, 4.69) is 25.4 Å². The molecule has 0 radical (unpaired) electrons. The lowest BCUT2D eigenvalue weighted by molar-refractivity contribution is 0.102. The molecule has 3 aromatic rings. The summed E-state index contributed by atoms with van der Waals surface area (Å²) < 4.78 is 7.22. The Kier molecular flexibility index (Phi) is 4.07. The molecule has 1 aliphatic carbocycles. The molecule has 0 aromatic carbocycles. The zero-order chi connectivity index (χ0) is 17.1. The van der Waals surface area contributed by atoms with Gasteiger partial charge >= 0.3 is 0 Å². The van der Waals surface area contributed by atoms with Crippen LogP contribution < -0.4 is 10.1 Å². The maximum absolute atomic E-state index is 12.3. The van der Waals surface area contributed by atoms with Gasteiger partial charge in [-0.1, -0.05) is 6.07 Å². The first-order valence-corrected chi connectivity index (χ1v) is 8.00. The maximum atomic E-state index is 12.3. The lowest BCUT2D eigenvalue weighted by Crippen LogP contribution is -2.14. The van der Waals surface area contributed by atoms with Crippen molar-refractivity contribution in [2.45, 2.75) is 25.5 Å². The largest absolute Gasteiger partial charge is 0.474 e. The predicted octanol–water partition coefficient (Wildman–Crippen LogP) is 1.91. The molecule has 4 rings (SSSR count). The highest BCUT2D eigenvalue weighted by Gasteiger charge is 2.24. The van der Waals surface area contributed by atoms with Crippen molar-refractivity contribution in [2.24, 2.45) is 0 Å². The van der Waals surface area contributed by atoms with Gasteiger partial charge in [0.2, 0.25) is 11.8 Å². The fourth-order valence-corrected chi connectivity index (χ4v) is 2.23. The first-order valence-electron chi connectivity index (χ1n) is 8.00. The Hall–Kier alpha value is -3.29. The Balaban J connectivity index is 1.41. The second-order valence-corrected chi connectivity index (χ2v) is 5.74. The summed E-state index contributed by atoms with van der Waals surface area (Å²) in [4.78, 5) is 24.8. The van der Waals surface area contributed by atoms with Crippen molar-refractivity contribution < 1.29 is 9.53 Å². The molecule has 8 heteroatoms. The molecule has 1 fully saturated rings. The molecule has 8 nitrogen and oxygen atoms in total. The van der Waals surface area contributed by atoms with E-state index in [9.17, 15) is 4.79 Å². The van der Waals surface area contributed by atoms with Gasteiger partial charge in [0.15, 0.2) is 0 Å². The maximum Gasteiger partial charge on any atom is 0.258 e. The number of carbonyl (C=O) groups is 1. The number of rotatable bonds is 6. The molecule has 3 aromatic heterocycles. The zero-order valence-electron chi connectivity index (χ0n) is 13.4. The number of nitrogens with zero attached hydrogens (tertiary/aromatic N) is 5. The van der Waals surface area contributed by atoms with Gasteiger partial charge in [0.25, 0.3) is 5.91 Å². The lowest BCUT2D eigenvalue weighted by Gasteiger charge is -2.05. The number of aromatic nitrogens is 5. The van der Waals surface area contributed by atoms with Crippen LogP contribution in [0.3, 0.4) is 0 Å². The number of amides is 1. The molecule has 126 valence electrons. The minimum absolute atomic E-state index is 0.231. The minimum atomic E-state index is -0.307. The van der Waals surface area contributed by atoms with Crippen LogP contribution in [0.1, 0.15) is 28.9 Å². The van der Waals surface area contributed by atoms with E-state index >= 15 is 0 Å². The predicted molar refractivity (Wildman–Crippen MR) is 89.2 cm³/mol. The van der Waals surface area contributed by atoms with Crippen molar-refractivity contribution in [1.82, 2.24) is 24.7 Å². The molecule has 0 spiro atoms. The molecule has 0 aliphatic heterocycles. The molecule has 1 amide bonds. The van der Waals surface area contributed by atoms with Gasteiger partial charge in [0, 0.05) is 24.0 Å². The smallest absolute Gasteiger partial charge is 0.258 e. The molecule has 0 unspecified atom stereocenters. The molecule has 0 saturated heterocycles. The normalized spacial score (nSPS) is 13.4. The van der Waals surface area contributed by atoms with Crippen LogP contribution in [0.15, 0.2) is 49.1 Å². The highest BCUT2D eigenvalue weighted by atomic mass is 16.5. The van der Waals surface area contributed by atoms with Crippen molar-refractivity contribution in [3.63, 3.8) is 0 Å². The monoisotopic (exact) mass is 336 g/mol. The quantitative estimate of drug-likeness (QED) is 0.739. The van der Waals surface area contributed by atoms with Gasteiger partial charge in [-0.15, -0.1) is 5.10 Å². The minimum Gasteiger partial charge on any atom is -0.474 e. The van der Waals surface area contributed by atoms with Crippen LogP contribution in [-0.4, -0.2) is 36.7 Å². The molecule has 0 atom stereocenters. The highest BCUT2D eigenvalue weighted by Crippen LogP contribution is 2.25. The Bertz CT molecular complexity index is 876. The third-order valence-electron chi connectivity index (χ3n) is 3.62.